The predicted molar refractivity (Wildman–Crippen MR) is 80.2 cm³/mol. The number of carbonyl (C=O) groups is 1. The van der Waals surface area contributed by atoms with Crippen LogP contribution in [0.3, 0.4) is 0 Å². The Balaban J connectivity index is 1.47. The minimum atomic E-state index is -0.0751. The fourth-order valence-electron chi connectivity index (χ4n) is 2.74. The highest BCUT2D eigenvalue weighted by Crippen LogP contribution is 2.27. The van der Waals surface area contributed by atoms with E-state index in [9.17, 15) is 4.79 Å². The molecule has 4 rings (SSSR count). The lowest BCUT2D eigenvalue weighted by Gasteiger charge is -2.37. The molecular formula is C16H13N5O. The van der Waals surface area contributed by atoms with Gasteiger partial charge in [0.2, 0.25) is 0 Å². The van der Waals surface area contributed by atoms with Crippen LogP contribution >= 0.6 is 0 Å². The second kappa shape index (κ2) is 4.74. The molecule has 1 saturated heterocycles. The van der Waals surface area contributed by atoms with Crippen LogP contribution in [0.1, 0.15) is 27.8 Å². The first kappa shape index (κ1) is 12.7. The highest BCUT2D eigenvalue weighted by atomic mass is 16.2. The number of hydrogen-bond acceptors (Lipinski definition) is 3. The molecule has 0 saturated carbocycles. The van der Waals surface area contributed by atoms with Gasteiger partial charge in [0.05, 0.1) is 22.5 Å². The van der Waals surface area contributed by atoms with E-state index < -0.39 is 0 Å². The van der Waals surface area contributed by atoms with Gasteiger partial charge in [-0.15, -0.1) is 0 Å². The molecule has 0 unspecified atom stereocenters. The number of fused-ring (bicyclic) bond motifs is 1. The Bertz CT molecular complexity index is 862. The van der Waals surface area contributed by atoms with Crippen molar-refractivity contribution in [2.75, 3.05) is 13.1 Å². The zero-order chi connectivity index (χ0) is 15.1. The van der Waals surface area contributed by atoms with Crippen LogP contribution in [0.15, 0.2) is 36.5 Å². The van der Waals surface area contributed by atoms with Crippen LogP contribution in [-0.2, 0) is 0 Å². The number of imidazole rings is 1. The number of nitrogens with zero attached hydrogens (tertiary/aromatic N) is 3. The van der Waals surface area contributed by atoms with Crippen molar-refractivity contribution in [2.45, 2.75) is 5.92 Å². The van der Waals surface area contributed by atoms with Crippen LogP contribution in [0.5, 0.6) is 0 Å². The maximum atomic E-state index is 12.3. The summed E-state index contributed by atoms with van der Waals surface area (Å²) in [5.74, 6) is 1.09. The Hall–Kier alpha value is -3.07. The first-order chi connectivity index (χ1) is 10.7. The Morgan fingerprint density at radius 3 is 2.91 bits per heavy atom. The zero-order valence-electron chi connectivity index (χ0n) is 11.7. The van der Waals surface area contributed by atoms with Crippen LogP contribution in [0.4, 0.5) is 0 Å². The van der Waals surface area contributed by atoms with E-state index in [0.29, 0.717) is 24.3 Å². The van der Waals surface area contributed by atoms with Gasteiger partial charge in [-0.05, 0) is 18.2 Å². The average molecular weight is 291 g/mol. The van der Waals surface area contributed by atoms with Crippen LogP contribution in [0, 0.1) is 11.3 Å². The molecule has 1 aliphatic heterocycles. The minimum Gasteiger partial charge on any atom is -0.356 e. The van der Waals surface area contributed by atoms with E-state index in [1.807, 2.05) is 30.3 Å². The molecule has 3 heterocycles. The second-order valence-corrected chi connectivity index (χ2v) is 5.46. The third-order valence-electron chi connectivity index (χ3n) is 4.01. The van der Waals surface area contributed by atoms with Crippen molar-refractivity contribution in [2.24, 2.45) is 0 Å². The number of aromatic nitrogens is 3. The third kappa shape index (κ3) is 1.95. The summed E-state index contributed by atoms with van der Waals surface area (Å²) in [4.78, 5) is 24.7. The van der Waals surface area contributed by atoms with Gasteiger partial charge in [-0.2, -0.15) is 5.26 Å². The van der Waals surface area contributed by atoms with E-state index in [4.69, 9.17) is 5.26 Å². The van der Waals surface area contributed by atoms with Crippen molar-refractivity contribution < 1.29 is 4.79 Å². The lowest BCUT2D eigenvalue weighted by Crippen LogP contribution is -2.48. The first-order valence-corrected chi connectivity index (χ1v) is 7.07. The maximum Gasteiger partial charge on any atom is 0.270 e. The molecule has 108 valence electrons. The molecule has 22 heavy (non-hydrogen) atoms. The number of likely N-dealkylation sites (tertiary alicyclic amines) is 1. The van der Waals surface area contributed by atoms with Gasteiger partial charge >= 0.3 is 0 Å². The molecule has 1 amide bonds. The van der Waals surface area contributed by atoms with Gasteiger partial charge < -0.3 is 14.9 Å². The van der Waals surface area contributed by atoms with E-state index in [0.717, 1.165) is 16.9 Å². The molecule has 2 aromatic heterocycles. The molecule has 1 aliphatic rings. The number of nitriles is 1. The van der Waals surface area contributed by atoms with Gasteiger partial charge in [0.15, 0.2) is 0 Å². The Kier molecular flexibility index (Phi) is 2.73. The number of H-pyrrole nitrogens is 2. The van der Waals surface area contributed by atoms with Crippen molar-refractivity contribution in [3.8, 4) is 6.07 Å². The highest BCUT2D eigenvalue weighted by Gasteiger charge is 2.34. The van der Waals surface area contributed by atoms with Gasteiger partial charge in [-0.3, -0.25) is 4.79 Å². The number of amides is 1. The standard InChI is InChI=1S/C16H13N5O/c17-6-10-5-14(18-7-10)16(22)21-8-11(9-21)15-19-12-3-1-2-4-13(12)20-15/h1-5,7,11,18H,8-9H2,(H,19,20). The molecule has 1 aromatic carbocycles. The molecule has 2 N–H and O–H groups in total. The van der Waals surface area contributed by atoms with Crippen LogP contribution in [0.2, 0.25) is 0 Å². The summed E-state index contributed by atoms with van der Waals surface area (Å²) >= 11 is 0. The van der Waals surface area contributed by atoms with Gasteiger partial charge in [-0.25, -0.2) is 4.98 Å². The van der Waals surface area contributed by atoms with Crippen LogP contribution in [-0.4, -0.2) is 38.8 Å². The largest absolute Gasteiger partial charge is 0.356 e. The van der Waals surface area contributed by atoms with Crippen molar-refractivity contribution in [1.29, 1.82) is 5.26 Å². The number of rotatable bonds is 2. The topological polar surface area (TPSA) is 88.6 Å². The molecule has 0 bridgehead atoms. The van der Waals surface area contributed by atoms with E-state index in [1.165, 1.54) is 0 Å². The van der Waals surface area contributed by atoms with E-state index in [2.05, 4.69) is 15.0 Å². The number of para-hydroxylation sites is 2. The second-order valence-electron chi connectivity index (χ2n) is 5.46. The van der Waals surface area contributed by atoms with E-state index in [1.54, 1.807) is 17.2 Å². The summed E-state index contributed by atoms with van der Waals surface area (Å²) in [5.41, 5.74) is 2.90. The minimum absolute atomic E-state index is 0.0751. The smallest absolute Gasteiger partial charge is 0.270 e. The molecule has 0 spiro atoms. The number of hydrogen-bond donors (Lipinski definition) is 2. The Morgan fingerprint density at radius 1 is 1.36 bits per heavy atom. The maximum absolute atomic E-state index is 12.3. The summed E-state index contributed by atoms with van der Waals surface area (Å²) < 4.78 is 0. The Morgan fingerprint density at radius 2 is 2.18 bits per heavy atom. The molecule has 0 aliphatic carbocycles. The summed E-state index contributed by atoms with van der Waals surface area (Å²) in [6.45, 7) is 1.28. The fraction of sp³-hybridized carbons (Fsp3) is 0.188. The summed E-state index contributed by atoms with van der Waals surface area (Å²) in [5, 5.41) is 8.80. The molecule has 6 heteroatoms. The average Bonchev–Trinajstić information content (AvgIpc) is 3.12. The van der Waals surface area contributed by atoms with E-state index in [-0.39, 0.29) is 11.8 Å². The lowest BCUT2D eigenvalue weighted by atomic mass is 9.99. The number of benzene rings is 1. The van der Waals surface area contributed by atoms with Gasteiger partial charge in [0.25, 0.3) is 5.91 Å². The van der Waals surface area contributed by atoms with Crippen molar-refractivity contribution in [3.63, 3.8) is 0 Å². The molecule has 0 atom stereocenters. The number of nitrogens with one attached hydrogen (secondary N) is 2. The lowest BCUT2D eigenvalue weighted by molar-refractivity contribution is 0.0590. The van der Waals surface area contributed by atoms with Crippen LogP contribution < -0.4 is 0 Å². The van der Waals surface area contributed by atoms with E-state index >= 15 is 0 Å². The van der Waals surface area contributed by atoms with Crippen molar-refractivity contribution in [3.05, 3.63) is 53.6 Å². The van der Waals surface area contributed by atoms with Gasteiger partial charge in [0.1, 0.15) is 17.6 Å². The molecule has 3 aromatic rings. The number of aromatic amines is 2. The van der Waals surface area contributed by atoms with Crippen molar-refractivity contribution >= 4 is 16.9 Å². The molecule has 0 radical (unpaired) electrons. The zero-order valence-corrected chi connectivity index (χ0v) is 11.7. The normalized spacial score (nSPS) is 14.8. The summed E-state index contributed by atoms with van der Waals surface area (Å²) in [7, 11) is 0. The molecule has 1 fully saturated rings. The van der Waals surface area contributed by atoms with Crippen LogP contribution in [0.25, 0.3) is 11.0 Å². The Labute approximate surface area is 126 Å². The van der Waals surface area contributed by atoms with Gasteiger partial charge in [0, 0.05) is 19.3 Å². The quantitative estimate of drug-likeness (QED) is 0.757. The highest BCUT2D eigenvalue weighted by molar-refractivity contribution is 5.93. The van der Waals surface area contributed by atoms with Gasteiger partial charge in [-0.1, -0.05) is 12.1 Å². The summed E-state index contributed by atoms with van der Waals surface area (Å²) in [6.07, 6.45) is 1.55. The predicted octanol–water partition coefficient (Wildman–Crippen LogP) is 2.00. The van der Waals surface area contributed by atoms with Crippen molar-refractivity contribution in [1.82, 2.24) is 19.9 Å². The first-order valence-electron chi connectivity index (χ1n) is 7.07. The SMILES string of the molecule is N#Cc1c[nH]c(C(=O)N2CC(c3nc4ccccc4[nH]3)C2)c1. The monoisotopic (exact) mass is 291 g/mol. The number of carbonyl (C=O) groups excluding carboxylic acids is 1. The molecule has 6 nitrogen and oxygen atoms in total. The fourth-order valence-corrected chi connectivity index (χ4v) is 2.74. The third-order valence-corrected chi connectivity index (χ3v) is 4.01. The summed E-state index contributed by atoms with van der Waals surface area (Å²) in [6, 6.07) is 11.5. The molecular weight excluding hydrogens is 278 g/mol.